The molecule has 1 amide bonds. The van der Waals surface area contributed by atoms with Crippen molar-refractivity contribution in [2.24, 2.45) is 0 Å². The molecule has 0 aliphatic carbocycles. The van der Waals surface area contributed by atoms with Crippen LogP contribution in [0.3, 0.4) is 0 Å². The Morgan fingerprint density at radius 1 is 1.30 bits per heavy atom. The lowest BCUT2D eigenvalue weighted by Crippen LogP contribution is -2.37. The number of carbonyl (C=O) groups is 1. The van der Waals surface area contributed by atoms with Crippen molar-refractivity contribution in [3.8, 4) is 0 Å². The van der Waals surface area contributed by atoms with Gasteiger partial charge in [0.15, 0.2) is 0 Å². The van der Waals surface area contributed by atoms with Crippen molar-refractivity contribution in [3.63, 3.8) is 0 Å². The van der Waals surface area contributed by atoms with Crippen LogP contribution < -0.4 is 0 Å². The molecule has 0 saturated carbocycles. The van der Waals surface area contributed by atoms with E-state index in [1.54, 1.807) is 0 Å². The third-order valence-electron chi connectivity index (χ3n) is 5.48. The minimum Gasteiger partial charge on any atom is -0.340 e. The number of aromatic nitrogens is 2. The number of likely N-dealkylation sites (tertiary alicyclic amines) is 1. The fraction of sp³-hybridized carbons (Fsp3) is 0.778. The lowest BCUT2D eigenvalue weighted by Gasteiger charge is -2.34. The van der Waals surface area contributed by atoms with Crippen LogP contribution in [-0.4, -0.2) is 41.0 Å². The normalized spacial score (nSPS) is 19.9. The SMILES string of the molecule is CCC(CC(CC(C)N1CCCC1=O)n1ccnc1)[Si](C)(C)C. The van der Waals surface area contributed by atoms with Crippen LogP contribution in [-0.2, 0) is 4.79 Å². The van der Waals surface area contributed by atoms with Crippen molar-refractivity contribution in [2.75, 3.05) is 6.54 Å². The van der Waals surface area contributed by atoms with Gasteiger partial charge < -0.3 is 9.47 Å². The van der Waals surface area contributed by atoms with Gasteiger partial charge in [0.05, 0.1) is 6.33 Å². The summed E-state index contributed by atoms with van der Waals surface area (Å²) in [6.07, 6.45) is 11.1. The predicted octanol–water partition coefficient (Wildman–Crippen LogP) is 4.33. The number of amides is 1. The Hall–Kier alpha value is -1.10. The van der Waals surface area contributed by atoms with Crippen LogP contribution in [0, 0.1) is 0 Å². The highest BCUT2D eigenvalue weighted by Crippen LogP contribution is 2.36. The summed E-state index contributed by atoms with van der Waals surface area (Å²) in [4.78, 5) is 18.4. The first-order valence-electron chi connectivity index (χ1n) is 9.09. The second kappa shape index (κ2) is 7.64. The van der Waals surface area contributed by atoms with E-state index in [9.17, 15) is 4.79 Å². The highest BCUT2D eigenvalue weighted by molar-refractivity contribution is 6.77. The molecule has 0 spiro atoms. The van der Waals surface area contributed by atoms with E-state index in [1.165, 1.54) is 12.8 Å². The number of hydrogen-bond donors (Lipinski definition) is 0. The molecule has 5 heteroatoms. The Bertz CT molecular complexity index is 495. The first-order valence-corrected chi connectivity index (χ1v) is 12.7. The first-order chi connectivity index (χ1) is 10.8. The minimum absolute atomic E-state index is 0.316. The Morgan fingerprint density at radius 2 is 2.04 bits per heavy atom. The van der Waals surface area contributed by atoms with E-state index in [1.807, 2.05) is 12.5 Å². The van der Waals surface area contributed by atoms with Gasteiger partial charge >= 0.3 is 0 Å². The molecule has 2 heterocycles. The van der Waals surface area contributed by atoms with Crippen molar-refractivity contribution in [1.29, 1.82) is 0 Å². The van der Waals surface area contributed by atoms with Gasteiger partial charge in [-0.05, 0) is 31.7 Å². The maximum absolute atomic E-state index is 12.0. The summed E-state index contributed by atoms with van der Waals surface area (Å²) in [7, 11) is -1.17. The van der Waals surface area contributed by atoms with Crippen molar-refractivity contribution >= 4 is 14.0 Å². The van der Waals surface area contributed by atoms with Gasteiger partial charge in [-0.25, -0.2) is 4.98 Å². The zero-order valence-electron chi connectivity index (χ0n) is 15.5. The second-order valence-electron chi connectivity index (χ2n) is 8.15. The molecular weight excluding hydrogens is 302 g/mol. The molecule has 1 saturated heterocycles. The van der Waals surface area contributed by atoms with E-state index >= 15 is 0 Å². The number of nitrogens with zero attached hydrogens (tertiary/aromatic N) is 3. The molecule has 0 aromatic carbocycles. The minimum atomic E-state index is -1.17. The van der Waals surface area contributed by atoms with E-state index in [4.69, 9.17) is 0 Å². The summed E-state index contributed by atoms with van der Waals surface area (Å²) >= 11 is 0. The summed E-state index contributed by atoms with van der Waals surface area (Å²) in [5, 5.41) is 0. The molecule has 23 heavy (non-hydrogen) atoms. The van der Waals surface area contributed by atoms with Gasteiger partial charge in [0.1, 0.15) is 0 Å². The summed E-state index contributed by atoms with van der Waals surface area (Å²) in [5.74, 6) is 0.333. The summed E-state index contributed by atoms with van der Waals surface area (Å²) < 4.78 is 2.26. The summed E-state index contributed by atoms with van der Waals surface area (Å²) in [6.45, 7) is 12.9. The molecule has 4 nitrogen and oxygen atoms in total. The van der Waals surface area contributed by atoms with Crippen molar-refractivity contribution in [1.82, 2.24) is 14.5 Å². The quantitative estimate of drug-likeness (QED) is 0.663. The molecule has 1 fully saturated rings. The zero-order valence-corrected chi connectivity index (χ0v) is 16.5. The van der Waals surface area contributed by atoms with Crippen molar-refractivity contribution in [2.45, 2.75) is 83.2 Å². The smallest absolute Gasteiger partial charge is 0.222 e. The van der Waals surface area contributed by atoms with Crippen LogP contribution in [0.5, 0.6) is 0 Å². The average Bonchev–Trinajstić information content (AvgIpc) is 3.12. The standard InChI is InChI=1S/C18H33N3OSi/c1-6-17(23(3,4)5)13-16(20-11-9-19-14-20)12-15(2)21-10-7-8-18(21)22/h9,11,14-17H,6-8,10,12-13H2,1-5H3. The van der Waals surface area contributed by atoms with Crippen LogP contribution in [0.1, 0.15) is 52.0 Å². The van der Waals surface area contributed by atoms with Gasteiger partial charge in [0.2, 0.25) is 5.91 Å². The Kier molecular flexibility index (Phi) is 6.06. The van der Waals surface area contributed by atoms with Gasteiger partial charge in [-0.1, -0.05) is 33.0 Å². The first kappa shape index (κ1) is 18.2. The highest BCUT2D eigenvalue weighted by atomic mass is 28.3. The predicted molar refractivity (Wildman–Crippen MR) is 98.3 cm³/mol. The Labute approximate surface area is 142 Å². The van der Waals surface area contributed by atoms with Gasteiger partial charge in [0, 0.05) is 45.5 Å². The summed E-state index contributed by atoms with van der Waals surface area (Å²) in [5.41, 5.74) is 0.802. The van der Waals surface area contributed by atoms with Gasteiger partial charge in [-0.15, -0.1) is 0 Å². The molecule has 3 unspecified atom stereocenters. The van der Waals surface area contributed by atoms with Gasteiger partial charge in [0.25, 0.3) is 0 Å². The lowest BCUT2D eigenvalue weighted by atomic mass is 10.0. The number of imidazole rings is 1. The fourth-order valence-corrected chi connectivity index (χ4v) is 6.15. The molecule has 0 bridgehead atoms. The van der Waals surface area contributed by atoms with Gasteiger partial charge in [-0.2, -0.15) is 0 Å². The van der Waals surface area contributed by atoms with Crippen molar-refractivity contribution < 1.29 is 4.79 Å². The molecule has 3 atom stereocenters. The van der Waals surface area contributed by atoms with Crippen molar-refractivity contribution in [3.05, 3.63) is 18.7 Å². The highest BCUT2D eigenvalue weighted by Gasteiger charge is 2.31. The molecule has 1 aromatic heterocycles. The van der Waals surface area contributed by atoms with E-state index in [0.29, 0.717) is 18.0 Å². The molecular formula is C18H33N3OSi. The van der Waals surface area contributed by atoms with Crippen LogP contribution in [0.25, 0.3) is 0 Å². The number of carbonyl (C=O) groups excluding carboxylic acids is 1. The molecule has 0 radical (unpaired) electrons. The zero-order chi connectivity index (χ0) is 17.0. The maximum atomic E-state index is 12.0. The third kappa shape index (κ3) is 4.69. The van der Waals surface area contributed by atoms with E-state index < -0.39 is 8.07 Å². The topological polar surface area (TPSA) is 38.1 Å². The molecule has 2 rings (SSSR count). The molecule has 1 aromatic rings. The van der Waals surface area contributed by atoms with E-state index in [0.717, 1.165) is 31.3 Å². The van der Waals surface area contributed by atoms with Crippen LogP contribution in [0.15, 0.2) is 18.7 Å². The van der Waals surface area contributed by atoms with Crippen LogP contribution >= 0.6 is 0 Å². The molecule has 1 aliphatic rings. The lowest BCUT2D eigenvalue weighted by molar-refractivity contribution is -0.129. The fourth-order valence-electron chi connectivity index (χ4n) is 3.94. The van der Waals surface area contributed by atoms with Gasteiger partial charge in [-0.3, -0.25) is 4.79 Å². The monoisotopic (exact) mass is 335 g/mol. The Morgan fingerprint density at radius 3 is 2.52 bits per heavy atom. The Balaban J connectivity index is 2.10. The maximum Gasteiger partial charge on any atom is 0.222 e. The third-order valence-corrected chi connectivity index (χ3v) is 8.57. The molecule has 1 aliphatic heterocycles. The number of hydrogen-bond acceptors (Lipinski definition) is 2. The average molecular weight is 336 g/mol. The number of rotatable bonds is 8. The van der Waals surface area contributed by atoms with Crippen LogP contribution in [0.4, 0.5) is 0 Å². The summed E-state index contributed by atoms with van der Waals surface area (Å²) in [6, 6.07) is 0.758. The molecule has 130 valence electrons. The second-order valence-corrected chi connectivity index (χ2v) is 13.7. The van der Waals surface area contributed by atoms with E-state index in [-0.39, 0.29) is 0 Å². The van der Waals surface area contributed by atoms with Crippen LogP contribution in [0.2, 0.25) is 25.2 Å². The largest absolute Gasteiger partial charge is 0.340 e. The molecule has 0 N–H and O–H groups in total. The van der Waals surface area contributed by atoms with E-state index in [2.05, 4.69) is 54.1 Å².